The highest BCUT2D eigenvalue weighted by Gasteiger charge is 2.19. The fourth-order valence-corrected chi connectivity index (χ4v) is 3.55. The Morgan fingerprint density at radius 2 is 1.76 bits per heavy atom. The number of carbonyl (C=O) groups is 2. The van der Waals surface area contributed by atoms with E-state index in [0.29, 0.717) is 5.56 Å². The Kier molecular flexibility index (Phi) is 34.2. The van der Waals surface area contributed by atoms with Gasteiger partial charge in [0.2, 0.25) is 0 Å². The summed E-state index contributed by atoms with van der Waals surface area (Å²) in [5, 5.41) is 9.28. The summed E-state index contributed by atoms with van der Waals surface area (Å²) < 4.78 is 4.56. The van der Waals surface area contributed by atoms with Crippen LogP contribution in [0.1, 0.15) is 90.9 Å². The molecular formula is C37H64N6O3. The number of amides is 1. The molecule has 3 rings (SSSR count). The number of ether oxygens (including phenoxy) is 1. The smallest absolute Gasteiger partial charge is 0.255 e. The zero-order valence-corrected chi connectivity index (χ0v) is 30.5. The molecule has 0 aromatic carbocycles. The second-order valence-electron chi connectivity index (χ2n) is 9.35. The van der Waals surface area contributed by atoms with E-state index in [2.05, 4.69) is 56.8 Å². The van der Waals surface area contributed by atoms with Crippen LogP contribution in [0, 0.1) is 0 Å². The van der Waals surface area contributed by atoms with Crippen molar-refractivity contribution in [3.8, 4) is 0 Å². The molecule has 0 saturated carbocycles. The van der Waals surface area contributed by atoms with Crippen molar-refractivity contribution < 1.29 is 14.3 Å². The van der Waals surface area contributed by atoms with Crippen molar-refractivity contribution in [2.75, 3.05) is 58.0 Å². The lowest BCUT2D eigenvalue weighted by Crippen LogP contribution is -2.35. The molecule has 9 nitrogen and oxygen atoms in total. The fourth-order valence-electron chi connectivity index (χ4n) is 3.55. The second kappa shape index (κ2) is 33.9. The van der Waals surface area contributed by atoms with E-state index in [1.54, 1.807) is 33.6 Å². The van der Waals surface area contributed by atoms with Gasteiger partial charge in [0, 0.05) is 45.0 Å². The largest absolute Gasteiger partial charge is 0.502 e. The SMILES string of the molecule is C=C(C)OC.C=CCC.CC.CC.CCNc1ncc(C(=O)N2CCCCC2)cc1NC=NC.CNCC1=CC(C=O)=CCC=C1. The van der Waals surface area contributed by atoms with Crippen LogP contribution in [0.4, 0.5) is 11.5 Å². The molecule has 9 heteroatoms. The van der Waals surface area contributed by atoms with Crippen LogP contribution in [-0.4, -0.2) is 75.8 Å². The zero-order valence-electron chi connectivity index (χ0n) is 30.5. The van der Waals surface area contributed by atoms with Crippen LogP contribution in [-0.2, 0) is 9.53 Å². The summed E-state index contributed by atoms with van der Waals surface area (Å²) in [5.74, 6) is 1.54. The van der Waals surface area contributed by atoms with Crippen molar-refractivity contribution >= 4 is 30.0 Å². The molecule has 0 radical (unpaired) electrons. The highest BCUT2D eigenvalue weighted by atomic mass is 16.5. The molecule has 1 aromatic heterocycles. The summed E-state index contributed by atoms with van der Waals surface area (Å²) in [4.78, 5) is 33.2. The number of piperidine rings is 1. The van der Waals surface area contributed by atoms with Crippen molar-refractivity contribution in [2.24, 2.45) is 4.99 Å². The third-order valence-corrected chi connectivity index (χ3v) is 5.80. The summed E-state index contributed by atoms with van der Waals surface area (Å²) in [6.07, 6.45) is 19.2. The van der Waals surface area contributed by atoms with Gasteiger partial charge in [0.1, 0.15) is 12.1 Å². The van der Waals surface area contributed by atoms with E-state index in [1.165, 1.54) is 6.42 Å². The van der Waals surface area contributed by atoms with E-state index in [0.717, 1.165) is 86.6 Å². The van der Waals surface area contributed by atoms with E-state index in [9.17, 15) is 9.59 Å². The molecule has 0 bridgehead atoms. The van der Waals surface area contributed by atoms with Crippen molar-refractivity contribution in [3.63, 3.8) is 0 Å². The van der Waals surface area contributed by atoms with Crippen LogP contribution in [0.25, 0.3) is 0 Å². The molecule has 2 aliphatic rings. The normalized spacial score (nSPS) is 12.8. The molecule has 1 saturated heterocycles. The van der Waals surface area contributed by atoms with E-state index < -0.39 is 0 Å². The Bertz CT molecular complexity index is 1070. The number of methoxy groups -OCH3 is 1. The molecule has 0 unspecified atom stereocenters. The third kappa shape index (κ3) is 23.4. The van der Waals surface area contributed by atoms with Crippen molar-refractivity contribution in [1.29, 1.82) is 0 Å². The first-order valence-corrected chi connectivity index (χ1v) is 16.5. The second-order valence-corrected chi connectivity index (χ2v) is 9.35. The maximum absolute atomic E-state index is 12.5. The topological polar surface area (TPSA) is 108 Å². The number of hydrogen-bond acceptors (Lipinski definition) is 7. The van der Waals surface area contributed by atoms with Gasteiger partial charge in [-0.05, 0) is 70.7 Å². The Morgan fingerprint density at radius 3 is 2.24 bits per heavy atom. The number of allylic oxidation sites excluding steroid dienone is 6. The Balaban J connectivity index is -0.000000622. The van der Waals surface area contributed by atoms with Gasteiger partial charge in [-0.1, -0.05) is 65.5 Å². The van der Waals surface area contributed by atoms with Crippen LogP contribution < -0.4 is 16.0 Å². The van der Waals surface area contributed by atoms with Gasteiger partial charge in [-0.15, -0.1) is 6.58 Å². The maximum atomic E-state index is 12.5. The number of likely N-dealkylation sites (N-methyl/N-ethyl adjacent to an activating group) is 1. The lowest BCUT2D eigenvalue weighted by atomic mass is 10.1. The van der Waals surface area contributed by atoms with Gasteiger partial charge >= 0.3 is 0 Å². The average Bonchev–Trinajstić information content (AvgIpc) is 3.35. The van der Waals surface area contributed by atoms with Gasteiger partial charge in [0.05, 0.1) is 30.5 Å². The predicted octanol–water partition coefficient (Wildman–Crippen LogP) is 8.23. The zero-order chi connectivity index (χ0) is 35.6. The Labute approximate surface area is 281 Å². The quantitative estimate of drug-likeness (QED) is 0.0777. The lowest BCUT2D eigenvalue weighted by molar-refractivity contribution is -0.104. The minimum atomic E-state index is 0.0572. The minimum Gasteiger partial charge on any atom is -0.502 e. The van der Waals surface area contributed by atoms with Gasteiger partial charge in [-0.25, -0.2) is 4.98 Å². The number of hydrogen-bond donors (Lipinski definition) is 3. The molecule has 3 N–H and O–H groups in total. The molecule has 0 atom stereocenters. The van der Waals surface area contributed by atoms with Crippen LogP contribution in [0.3, 0.4) is 0 Å². The first kappa shape index (κ1) is 46.4. The molecule has 2 heterocycles. The number of carbonyl (C=O) groups excluding carboxylic acids is 2. The number of rotatable bonds is 10. The summed E-state index contributed by atoms with van der Waals surface area (Å²) in [5.41, 5.74) is 3.30. The van der Waals surface area contributed by atoms with E-state index in [1.807, 2.05) is 76.9 Å². The number of aromatic nitrogens is 1. The number of aldehydes is 1. The molecular weight excluding hydrogens is 576 g/mol. The average molecular weight is 641 g/mol. The highest BCUT2D eigenvalue weighted by molar-refractivity contribution is 5.96. The van der Waals surface area contributed by atoms with Crippen LogP contribution >= 0.6 is 0 Å². The van der Waals surface area contributed by atoms with E-state index in [4.69, 9.17) is 0 Å². The summed E-state index contributed by atoms with van der Waals surface area (Å²) in [6, 6.07) is 1.84. The van der Waals surface area contributed by atoms with Gasteiger partial charge in [-0.2, -0.15) is 0 Å². The number of likely N-dealkylation sites (tertiary alicyclic amines) is 1. The number of anilines is 2. The fraction of sp³-hybridized carbons (Fsp3) is 0.514. The Hall–Kier alpha value is -3.98. The first-order valence-electron chi connectivity index (χ1n) is 16.5. The number of nitrogens with one attached hydrogen (secondary N) is 3. The molecule has 1 aromatic rings. The van der Waals surface area contributed by atoms with Gasteiger partial charge in [0.25, 0.3) is 5.91 Å². The molecule has 0 spiro atoms. The van der Waals surface area contributed by atoms with Gasteiger partial charge in [-0.3, -0.25) is 14.6 Å². The highest BCUT2D eigenvalue weighted by Crippen LogP contribution is 2.21. The minimum absolute atomic E-state index is 0.0572. The third-order valence-electron chi connectivity index (χ3n) is 5.80. The van der Waals surface area contributed by atoms with Gasteiger partial charge < -0.3 is 25.6 Å². The molecule has 1 fully saturated rings. The van der Waals surface area contributed by atoms with Crippen LogP contribution in [0.2, 0.25) is 0 Å². The summed E-state index contributed by atoms with van der Waals surface area (Å²) in [7, 11) is 5.18. The molecule has 260 valence electrons. The molecule has 1 amide bonds. The Morgan fingerprint density at radius 1 is 1.15 bits per heavy atom. The van der Waals surface area contributed by atoms with E-state index >= 15 is 0 Å². The van der Waals surface area contributed by atoms with Crippen LogP contribution in [0.5, 0.6) is 0 Å². The van der Waals surface area contributed by atoms with Crippen molar-refractivity contribution in [1.82, 2.24) is 15.2 Å². The first-order chi connectivity index (χ1) is 22.3. The summed E-state index contributed by atoms with van der Waals surface area (Å²) >= 11 is 0. The predicted molar refractivity (Wildman–Crippen MR) is 201 cm³/mol. The lowest BCUT2D eigenvalue weighted by Gasteiger charge is -2.26. The van der Waals surface area contributed by atoms with E-state index in [-0.39, 0.29) is 5.91 Å². The molecule has 1 aliphatic heterocycles. The maximum Gasteiger partial charge on any atom is 0.255 e. The van der Waals surface area contributed by atoms with Crippen molar-refractivity contribution in [2.45, 2.75) is 80.6 Å². The number of aliphatic imine (C=N–C) groups is 1. The van der Waals surface area contributed by atoms with Crippen molar-refractivity contribution in [3.05, 3.63) is 78.3 Å². The van der Waals surface area contributed by atoms with Gasteiger partial charge in [0.15, 0.2) is 0 Å². The summed E-state index contributed by atoms with van der Waals surface area (Å²) in [6.45, 7) is 24.1. The molecule has 46 heavy (non-hydrogen) atoms. The standard InChI is InChI=1S/C15H23N5O.C10H13NO.C4H8O.C4H8.2C2H6/c1-3-17-14-13(19-11-16-2)9-12(10-18-14)15(21)20-7-5-4-6-8-20;1-11-7-9-4-2-3-5-10(6-9)8-12;1-4(2)5-3;1-3-4-2;2*1-2/h9-11H,3-8H2,1-2H3,(H,16,19)(H,17,18);2,4-6,8,11H,3,7H2,1H3;1H2,2-3H3;3H,1,4H2,2H3;2*1-2H3. The van der Waals surface area contributed by atoms with Crippen LogP contribution in [0.15, 0.2) is 77.7 Å². The monoisotopic (exact) mass is 641 g/mol. The number of pyridine rings is 1. The molecule has 1 aliphatic carbocycles. The number of nitrogens with zero attached hydrogens (tertiary/aromatic N) is 3.